The summed E-state index contributed by atoms with van der Waals surface area (Å²) in [6, 6.07) is -0.555. The summed E-state index contributed by atoms with van der Waals surface area (Å²) >= 11 is 0. The molecule has 5 rings (SSSR count). The number of fused-ring (bicyclic) bond motifs is 8. The summed E-state index contributed by atoms with van der Waals surface area (Å²) in [6.45, 7) is 3.76. The van der Waals surface area contributed by atoms with Crippen molar-refractivity contribution in [1.29, 1.82) is 0 Å². The molecular weight excluding hydrogens is 296 g/mol. The smallest absolute Gasteiger partial charge is 0.328 e. The zero-order valence-corrected chi connectivity index (χ0v) is 12.1. The zero-order chi connectivity index (χ0) is 15.3. The van der Waals surface area contributed by atoms with E-state index in [0.717, 1.165) is 0 Å². The van der Waals surface area contributed by atoms with Gasteiger partial charge in [0.15, 0.2) is 24.0 Å². The number of amides is 3. The van der Waals surface area contributed by atoms with Gasteiger partial charge < -0.3 is 23.7 Å². The van der Waals surface area contributed by atoms with Crippen LogP contribution in [0.5, 0.6) is 0 Å². The largest absolute Gasteiger partial charge is 0.345 e. The van der Waals surface area contributed by atoms with Crippen LogP contribution in [0.15, 0.2) is 0 Å². The van der Waals surface area contributed by atoms with E-state index in [1.165, 1.54) is 4.90 Å². The molecule has 0 radical (unpaired) electrons. The Balaban J connectivity index is 1.60. The minimum Gasteiger partial charge on any atom is -0.345 e. The molecule has 0 unspecified atom stereocenters. The third-order valence-electron chi connectivity index (χ3n) is 4.74. The van der Waals surface area contributed by atoms with Gasteiger partial charge in [0.05, 0.1) is 13.0 Å². The zero-order valence-electron chi connectivity index (χ0n) is 12.1. The average molecular weight is 312 g/mol. The lowest BCUT2D eigenvalue weighted by atomic mass is 10.0. The van der Waals surface area contributed by atoms with Crippen molar-refractivity contribution in [1.82, 2.24) is 10.2 Å². The van der Waals surface area contributed by atoms with Gasteiger partial charge in [0.1, 0.15) is 18.3 Å². The summed E-state index contributed by atoms with van der Waals surface area (Å²) < 4.78 is 29.3. The summed E-state index contributed by atoms with van der Waals surface area (Å²) in [5, 5.41) is 2.30. The fourth-order valence-corrected chi connectivity index (χ4v) is 4.00. The van der Waals surface area contributed by atoms with Gasteiger partial charge in [-0.1, -0.05) is 0 Å². The molecule has 0 saturated carbocycles. The maximum atomic E-state index is 12.4. The van der Waals surface area contributed by atoms with E-state index in [4.69, 9.17) is 23.7 Å². The van der Waals surface area contributed by atoms with Crippen LogP contribution >= 0.6 is 0 Å². The third kappa shape index (κ3) is 1.50. The first-order valence-electron chi connectivity index (χ1n) is 7.32. The number of nitrogens with one attached hydrogen (secondary N) is 1. The molecule has 5 aliphatic rings. The molecule has 9 heteroatoms. The Morgan fingerprint density at radius 2 is 1.91 bits per heavy atom. The van der Waals surface area contributed by atoms with Crippen molar-refractivity contribution >= 4 is 11.9 Å². The number of imide groups is 1. The number of ether oxygens (including phenoxy) is 5. The summed E-state index contributed by atoms with van der Waals surface area (Å²) in [4.78, 5) is 25.6. The van der Waals surface area contributed by atoms with E-state index in [1.54, 1.807) is 0 Å². The summed E-state index contributed by atoms with van der Waals surface area (Å²) in [5.41, 5.74) is -1.12. The van der Waals surface area contributed by atoms with Crippen LogP contribution in [-0.2, 0) is 28.5 Å². The number of hydrogen-bond acceptors (Lipinski definition) is 7. The Kier molecular flexibility index (Phi) is 2.28. The molecule has 1 N–H and O–H groups in total. The van der Waals surface area contributed by atoms with Crippen LogP contribution in [0, 0.1) is 0 Å². The number of hydrogen-bond donors (Lipinski definition) is 1. The molecule has 0 aromatic heterocycles. The van der Waals surface area contributed by atoms with Gasteiger partial charge in [-0.05, 0) is 13.8 Å². The van der Waals surface area contributed by atoms with Crippen molar-refractivity contribution in [2.45, 2.75) is 62.6 Å². The van der Waals surface area contributed by atoms with Crippen LogP contribution in [0.25, 0.3) is 0 Å². The molecule has 0 aromatic rings. The number of rotatable bonds is 0. The molecule has 3 amide bonds. The fourth-order valence-electron chi connectivity index (χ4n) is 4.00. The van der Waals surface area contributed by atoms with E-state index in [9.17, 15) is 9.59 Å². The van der Waals surface area contributed by atoms with Gasteiger partial charge in [-0.25, -0.2) is 4.79 Å². The normalized spacial score (nSPS) is 51.4. The van der Waals surface area contributed by atoms with Crippen molar-refractivity contribution in [2.24, 2.45) is 0 Å². The summed E-state index contributed by atoms with van der Waals surface area (Å²) in [6.07, 6.45) is -2.65. The number of nitrogens with zero attached hydrogens (tertiary/aromatic N) is 1. The van der Waals surface area contributed by atoms with Crippen molar-refractivity contribution < 1.29 is 33.3 Å². The first-order valence-corrected chi connectivity index (χ1v) is 7.32. The number of urea groups is 1. The second kappa shape index (κ2) is 3.80. The van der Waals surface area contributed by atoms with Crippen molar-refractivity contribution in [3.8, 4) is 0 Å². The first-order chi connectivity index (χ1) is 10.4. The number of carbonyl (C=O) groups is 2. The van der Waals surface area contributed by atoms with Gasteiger partial charge >= 0.3 is 6.03 Å². The van der Waals surface area contributed by atoms with Gasteiger partial charge in [-0.2, -0.15) is 0 Å². The van der Waals surface area contributed by atoms with E-state index >= 15 is 0 Å². The third-order valence-corrected chi connectivity index (χ3v) is 4.74. The predicted octanol–water partition coefficient (Wildman–Crippen LogP) is -0.744. The molecule has 5 saturated heterocycles. The topological polar surface area (TPSA) is 95.6 Å². The first kappa shape index (κ1) is 13.2. The Morgan fingerprint density at radius 1 is 1.14 bits per heavy atom. The Bertz CT molecular complexity index is 581. The molecule has 9 nitrogen and oxygen atoms in total. The summed E-state index contributed by atoms with van der Waals surface area (Å²) in [5.74, 6) is -1.15. The van der Waals surface area contributed by atoms with Crippen LogP contribution in [0.1, 0.15) is 20.3 Å². The molecule has 4 bridgehead atoms. The molecular formula is C13H16N2O7. The van der Waals surface area contributed by atoms with Crippen LogP contribution in [-0.4, -0.2) is 65.8 Å². The van der Waals surface area contributed by atoms with Gasteiger partial charge in [-0.3, -0.25) is 15.0 Å². The minimum atomic E-state index is -1.12. The number of carbonyl (C=O) groups excluding carboxylic acids is 2. The minimum absolute atomic E-state index is 0.0173. The standard InChI is InChI=1S/C13H16N2O7/c1-12(2)20-6-7(21-12)9-15-11(17)14-5(16)3-13(15)4-18-10(22-13)8(6)19-9/h6-10H,3-4H2,1-2H3,(H,14,16,17)/t6-,7+,8-,9+,10+,13+/m0/s1. The SMILES string of the molecule is CC1(C)O[C@@H]2[C@@H]3O[C@H]([C@@H]2O1)N1C(=O)NC(=O)C[C@@]12CO[C@@H]3O2. The second-order valence-electron chi connectivity index (χ2n) is 6.70. The molecule has 5 fully saturated rings. The van der Waals surface area contributed by atoms with Crippen LogP contribution < -0.4 is 5.32 Å². The highest BCUT2D eigenvalue weighted by Gasteiger charge is 2.69. The van der Waals surface area contributed by atoms with Crippen molar-refractivity contribution in [3.05, 3.63) is 0 Å². The highest BCUT2D eigenvalue weighted by atomic mass is 16.8. The lowest BCUT2D eigenvalue weighted by Gasteiger charge is -2.44. The van der Waals surface area contributed by atoms with Crippen molar-refractivity contribution in [3.63, 3.8) is 0 Å². The van der Waals surface area contributed by atoms with Gasteiger partial charge in [0.25, 0.3) is 0 Å². The maximum Gasteiger partial charge on any atom is 0.328 e. The monoisotopic (exact) mass is 312 g/mol. The van der Waals surface area contributed by atoms with Gasteiger partial charge in [0, 0.05) is 0 Å². The van der Waals surface area contributed by atoms with E-state index in [-0.39, 0.29) is 25.0 Å². The molecule has 6 atom stereocenters. The van der Waals surface area contributed by atoms with Gasteiger partial charge in [-0.15, -0.1) is 0 Å². The average Bonchev–Trinajstić information content (AvgIpc) is 2.97. The second-order valence-corrected chi connectivity index (χ2v) is 6.70. The fraction of sp³-hybridized carbons (Fsp3) is 0.846. The van der Waals surface area contributed by atoms with E-state index in [2.05, 4.69) is 5.32 Å². The maximum absolute atomic E-state index is 12.4. The Hall–Kier alpha value is -1.26. The predicted molar refractivity (Wildman–Crippen MR) is 66.0 cm³/mol. The quantitative estimate of drug-likeness (QED) is 0.629. The highest BCUT2D eigenvalue weighted by molar-refractivity contribution is 5.98. The van der Waals surface area contributed by atoms with Gasteiger partial charge in [0.2, 0.25) is 5.91 Å². The van der Waals surface area contributed by atoms with Crippen molar-refractivity contribution in [2.75, 3.05) is 6.61 Å². The van der Waals surface area contributed by atoms with E-state index in [0.29, 0.717) is 0 Å². The molecule has 0 aromatic carbocycles. The van der Waals surface area contributed by atoms with Crippen LogP contribution in [0.4, 0.5) is 4.79 Å². The molecule has 5 heterocycles. The molecule has 120 valence electrons. The van der Waals surface area contributed by atoms with Crippen LogP contribution in [0.3, 0.4) is 0 Å². The highest BCUT2D eigenvalue weighted by Crippen LogP contribution is 2.49. The lowest BCUT2D eigenvalue weighted by molar-refractivity contribution is -0.220. The Morgan fingerprint density at radius 3 is 2.73 bits per heavy atom. The van der Waals surface area contributed by atoms with E-state index < -0.39 is 42.3 Å². The van der Waals surface area contributed by atoms with Crippen LogP contribution in [0.2, 0.25) is 0 Å². The van der Waals surface area contributed by atoms with E-state index in [1.807, 2.05) is 13.8 Å². The molecule has 22 heavy (non-hydrogen) atoms. The molecule has 0 aliphatic carbocycles. The lowest BCUT2D eigenvalue weighted by Crippen LogP contribution is -2.68. The Labute approximate surface area is 125 Å². The molecule has 1 spiro atoms. The molecule has 5 aliphatic heterocycles. The summed E-state index contributed by atoms with van der Waals surface area (Å²) in [7, 11) is 0.